The number of nitro groups is 1. The second kappa shape index (κ2) is 6.54. The highest BCUT2D eigenvalue weighted by Gasteiger charge is 2.22. The number of rotatable bonds is 6. The summed E-state index contributed by atoms with van der Waals surface area (Å²) in [6, 6.07) is 5.11. The maximum absolute atomic E-state index is 11.1. The lowest BCUT2D eigenvalue weighted by molar-refractivity contribution is -0.384. The van der Waals surface area contributed by atoms with E-state index in [4.69, 9.17) is 5.26 Å². The highest BCUT2D eigenvalue weighted by molar-refractivity contribution is 5.61. The second-order valence-corrected chi connectivity index (χ2v) is 4.12. The molecule has 1 aromatic rings. The Morgan fingerprint density at radius 3 is 2.79 bits per heavy atom. The summed E-state index contributed by atoms with van der Waals surface area (Å²) < 4.78 is 0. The zero-order chi connectivity index (χ0) is 14.4. The van der Waals surface area contributed by atoms with Gasteiger partial charge < -0.3 is 10.2 Å². The first-order valence-corrected chi connectivity index (χ1v) is 6.01. The molecule has 0 aliphatic rings. The summed E-state index contributed by atoms with van der Waals surface area (Å²) in [7, 11) is 1.70. The van der Waals surface area contributed by atoms with Gasteiger partial charge in [0.2, 0.25) is 5.82 Å². The minimum absolute atomic E-state index is 0.0500. The summed E-state index contributed by atoms with van der Waals surface area (Å²) in [4.78, 5) is 16.6. The van der Waals surface area contributed by atoms with Gasteiger partial charge in [0.25, 0.3) is 0 Å². The van der Waals surface area contributed by atoms with Crippen LogP contribution in [-0.2, 0) is 0 Å². The van der Waals surface area contributed by atoms with Crippen LogP contribution in [0.3, 0.4) is 0 Å². The molecule has 7 heteroatoms. The van der Waals surface area contributed by atoms with Crippen LogP contribution < -0.4 is 10.2 Å². The first kappa shape index (κ1) is 14.7. The number of nitriles is 1. The maximum Gasteiger partial charge on any atom is 0.311 e. The van der Waals surface area contributed by atoms with Crippen molar-refractivity contribution in [3.05, 3.63) is 22.2 Å². The van der Waals surface area contributed by atoms with Gasteiger partial charge in [0.1, 0.15) is 5.82 Å². The van der Waals surface area contributed by atoms with Gasteiger partial charge in [0, 0.05) is 26.2 Å². The summed E-state index contributed by atoms with van der Waals surface area (Å²) in [5, 5.41) is 22.8. The minimum atomic E-state index is -0.457. The maximum atomic E-state index is 11.1. The molecule has 19 heavy (non-hydrogen) atoms. The average molecular weight is 263 g/mol. The summed E-state index contributed by atoms with van der Waals surface area (Å²) in [5.41, 5.74) is -0.0500. The predicted molar refractivity (Wildman–Crippen MR) is 73.1 cm³/mol. The van der Waals surface area contributed by atoms with Crippen molar-refractivity contribution in [3.63, 3.8) is 0 Å². The summed E-state index contributed by atoms with van der Waals surface area (Å²) >= 11 is 0. The van der Waals surface area contributed by atoms with Crippen LogP contribution in [0.15, 0.2) is 12.1 Å². The van der Waals surface area contributed by atoms with Gasteiger partial charge in [0.15, 0.2) is 0 Å². The molecule has 0 spiro atoms. The molecule has 0 aromatic carbocycles. The highest BCUT2D eigenvalue weighted by Crippen LogP contribution is 2.28. The number of hydrogen-bond donors (Lipinski definition) is 1. The number of aromatic nitrogens is 1. The quantitative estimate of drug-likeness (QED) is 0.623. The smallest absolute Gasteiger partial charge is 0.311 e. The molecule has 0 fully saturated rings. The van der Waals surface area contributed by atoms with Crippen LogP contribution in [-0.4, -0.2) is 30.0 Å². The summed E-state index contributed by atoms with van der Waals surface area (Å²) in [6.07, 6.45) is 0. The van der Waals surface area contributed by atoms with Crippen molar-refractivity contribution in [2.45, 2.75) is 13.8 Å². The topological polar surface area (TPSA) is 95.1 Å². The molecule has 0 saturated heterocycles. The van der Waals surface area contributed by atoms with Crippen LogP contribution in [0.2, 0.25) is 0 Å². The third-order valence-corrected chi connectivity index (χ3v) is 2.70. The van der Waals surface area contributed by atoms with Gasteiger partial charge in [-0.1, -0.05) is 0 Å². The molecule has 1 heterocycles. The van der Waals surface area contributed by atoms with Crippen molar-refractivity contribution in [2.75, 3.05) is 30.4 Å². The van der Waals surface area contributed by atoms with Gasteiger partial charge in [-0.25, -0.2) is 4.98 Å². The van der Waals surface area contributed by atoms with Crippen molar-refractivity contribution in [1.29, 1.82) is 5.26 Å². The van der Waals surface area contributed by atoms with Crippen molar-refractivity contribution in [3.8, 4) is 6.07 Å². The van der Waals surface area contributed by atoms with E-state index in [1.165, 1.54) is 6.07 Å². The van der Waals surface area contributed by atoms with Crippen LogP contribution >= 0.6 is 0 Å². The minimum Gasteiger partial charge on any atom is -0.373 e. The highest BCUT2D eigenvalue weighted by atomic mass is 16.6. The number of anilines is 2. The Morgan fingerprint density at radius 2 is 2.32 bits per heavy atom. The van der Waals surface area contributed by atoms with Crippen LogP contribution in [0.1, 0.15) is 13.8 Å². The fourth-order valence-electron chi connectivity index (χ4n) is 1.69. The van der Waals surface area contributed by atoms with Gasteiger partial charge in [-0.3, -0.25) is 10.1 Å². The van der Waals surface area contributed by atoms with Gasteiger partial charge in [-0.2, -0.15) is 5.26 Å². The molecule has 1 unspecified atom stereocenters. The molecule has 1 atom stereocenters. The molecule has 0 amide bonds. The first-order chi connectivity index (χ1) is 9.03. The normalized spacial score (nSPS) is 11.5. The second-order valence-electron chi connectivity index (χ2n) is 4.12. The molecular formula is C12H17N5O2. The molecule has 0 aliphatic carbocycles. The number of pyridine rings is 1. The van der Waals surface area contributed by atoms with Crippen molar-refractivity contribution < 1.29 is 4.92 Å². The van der Waals surface area contributed by atoms with E-state index < -0.39 is 4.92 Å². The van der Waals surface area contributed by atoms with Crippen LogP contribution in [0, 0.1) is 27.4 Å². The van der Waals surface area contributed by atoms with Crippen molar-refractivity contribution in [1.82, 2.24) is 4.98 Å². The Kier molecular flexibility index (Phi) is 5.06. The molecule has 0 aliphatic heterocycles. The zero-order valence-corrected chi connectivity index (χ0v) is 11.3. The van der Waals surface area contributed by atoms with E-state index in [0.717, 1.165) is 0 Å². The predicted octanol–water partition coefficient (Wildman–Crippen LogP) is 2.02. The molecule has 0 radical (unpaired) electrons. The van der Waals surface area contributed by atoms with Gasteiger partial charge >= 0.3 is 5.69 Å². The van der Waals surface area contributed by atoms with E-state index in [1.807, 2.05) is 6.92 Å². The number of hydrogen-bond acceptors (Lipinski definition) is 6. The Balaban J connectivity index is 3.19. The van der Waals surface area contributed by atoms with Crippen LogP contribution in [0.25, 0.3) is 0 Å². The third kappa shape index (κ3) is 3.55. The molecule has 1 aromatic heterocycles. The number of nitrogens with zero attached hydrogens (tertiary/aromatic N) is 4. The molecule has 102 valence electrons. The van der Waals surface area contributed by atoms with E-state index in [9.17, 15) is 10.1 Å². The van der Waals surface area contributed by atoms with E-state index in [-0.39, 0.29) is 11.6 Å². The number of nitrogens with one attached hydrogen (secondary N) is 1. The molecule has 7 nitrogen and oxygen atoms in total. The first-order valence-electron chi connectivity index (χ1n) is 6.01. The monoisotopic (exact) mass is 263 g/mol. The molecular weight excluding hydrogens is 246 g/mol. The van der Waals surface area contributed by atoms with Gasteiger partial charge in [-0.15, -0.1) is 0 Å². The zero-order valence-electron chi connectivity index (χ0n) is 11.3. The molecule has 0 bridgehead atoms. The molecule has 1 rings (SSSR count). The lowest BCUT2D eigenvalue weighted by Gasteiger charge is -2.23. The van der Waals surface area contributed by atoms with E-state index >= 15 is 0 Å². The van der Waals surface area contributed by atoms with E-state index in [0.29, 0.717) is 24.7 Å². The lowest BCUT2D eigenvalue weighted by atomic mass is 10.2. The van der Waals surface area contributed by atoms with Crippen molar-refractivity contribution in [2.24, 2.45) is 5.92 Å². The lowest BCUT2D eigenvalue weighted by Crippen LogP contribution is -2.29. The Labute approximate surface area is 112 Å². The standard InChI is InChI=1S/C12H17N5O2/c1-4-16(8-9(2)7-13)12-10(17(18)19)5-6-11(14-3)15-12/h5-6,9H,4,8H2,1-3H3,(H,14,15). The van der Waals surface area contributed by atoms with Crippen LogP contribution in [0.5, 0.6) is 0 Å². The van der Waals surface area contributed by atoms with E-state index in [1.54, 1.807) is 24.9 Å². The SMILES string of the molecule is CCN(CC(C)C#N)c1nc(NC)ccc1[N+](=O)[O-]. The van der Waals surface area contributed by atoms with Crippen molar-refractivity contribution >= 4 is 17.3 Å². The Hall–Kier alpha value is -2.36. The van der Waals surface area contributed by atoms with Gasteiger partial charge in [-0.05, 0) is 19.9 Å². The fourth-order valence-corrected chi connectivity index (χ4v) is 1.69. The largest absolute Gasteiger partial charge is 0.373 e. The summed E-state index contributed by atoms with van der Waals surface area (Å²) in [5.74, 6) is 0.629. The Morgan fingerprint density at radius 1 is 1.63 bits per heavy atom. The summed E-state index contributed by atoms with van der Waals surface area (Å²) in [6.45, 7) is 4.61. The molecule has 0 saturated carbocycles. The third-order valence-electron chi connectivity index (χ3n) is 2.70. The average Bonchev–Trinajstić information content (AvgIpc) is 2.43. The van der Waals surface area contributed by atoms with Crippen LogP contribution in [0.4, 0.5) is 17.3 Å². The Bertz CT molecular complexity index is 497. The van der Waals surface area contributed by atoms with Gasteiger partial charge in [0.05, 0.1) is 16.9 Å². The fraction of sp³-hybridized carbons (Fsp3) is 0.500. The molecule has 1 N–H and O–H groups in total. The van der Waals surface area contributed by atoms with E-state index in [2.05, 4.69) is 16.4 Å².